The molecule has 0 aliphatic heterocycles. The fraction of sp³-hybridized carbons (Fsp3) is 0.364. The van der Waals surface area contributed by atoms with Crippen LogP contribution in [-0.4, -0.2) is 4.98 Å². The fourth-order valence-corrected chi connectivity index (χ4v) is 1.65. The van der Waals surface area contributed by atoms with Gasteiger partial charge < -0.3 is 0 Å². The van der Waals surface area contributed by atoms with Crippen molar-refractivity contribution < 1.29 is 0 Å². The third-order valence-electron chi connectivity index (χ3n) is 2.64. The molecular weight excluding hydrogens is 182 g/mol. The smallest absolute Gasteiger partial charge is 0.0731 e. The molecule has 0 unspecified atom stereocenters. The zero-order chi connectivity index (χ0) is 8.44. The molecule has 0 saturated heterocycles. The molecule has 13 heavy (non-hydrogen) atoms. The lowest BCUT2D eigenvalue weighted by atomic mass is 9.67. The molecule has 1 saturated carbocycles. The molecule has 1 aliphatic carbocycles. The van der Waals surface area contributed by atoms with Crippen LogP contribution in [0.3, 0.4) is 0 Å². The first-order valence-corrected chi connectivity index (χ1v) is 4.27. The van der Waals surface area contributed by atoms with Crippen LogP contribution in [0.25, 0.3) is 0 Å². The van der Waals surface area contributed by atoms with E-state index < -0.39 is 0 Å². The highest BCUT2D eigenvalue weighted by atomic mass is 35.5. The molecule has 0 amide bonds. The first kappa shape index (κ1) is 10.1. The van der Waals surface area contributed by atoms with Crippen LogP contribution in [0, 0.1) is 12.3 Å². The molecule has 0 atom stereocenters. The Morgan fingerprint density at radius 3 is 2.54 bits per heavy atom. The Balaban J connectivity index is 0.000000845. The Kier molecular flexibility index (Phi) is 2.95. The molecule has 68 valence electrons. The van der Waals surface area contributed by atoms with E-state index in [-0.39, 0.29) is 17.8 Å². The minimum Gasteiger partial charge on any atom is -0.260 e. The maximum Gasteiger partial charge on any atom is 0.0731 e. The Morgan fingerprint density at radius 1 is 1.38 bits per heavy atom. The number of hydrogen-bond acceptors (Lipinski definition) is 1. The van der Waals surface area contributed by atoms with E-state index in [0.717, 1.165) is 18.5 Å². The minimum absolute atomic E-state index is 0. The summed E-state index contributed by atoms with van der Waals surface area (Å²) in [6.07, 6.45) is 10.8. The predicted molar refractivity (Wildman–Crippen MR) is 55.8 cm³/mol. The highest BCUT2D eigenvalue weighted by Gasteiger charge is 2.37. The second-order valence-electron chi connectivity index (χ2n) is 3.29. The zero-order valence-electron chi connectivity index (χ0n) is 7.36. The van der Waals surface area contributed by atoms with E-state index in [9.17, 15) is 0 Å². The molecule has 2 heteroatoms. The Morgan fingerprint density at radius 2 is 2.15 bits per heavy atom. The maximum atomic E-state index is 5.51. The average Bonchev–Trinajstić information content (AvgIpc) is 2.05. The summed E-state index contributed by atoms with van der Waals surface area (Å²) in [7, 11) is 0. The molecule has 1 aromatic heterocycles. The molecule has 0 aromatic carbocycles. The van der Waals surface area contributed by atoms with Gasteiger partial charge in [0.25, 0.3) is 0 Å². The van der Waals surface area contributed by atoms with Crippen LogP contribution in [0.1, 0.15) is 25.0 Å². The average molecular weight is 194 g/mol. The van der Waals surface area contributed by atoms with Gasteiger partial charge in [-0.1, -0.05) is 12.0 Å². The van der Waals surface area contributed by atoms with E-state index in [1.807, 2.05) is 24.4 Å². The lowest BCUT2D eigenvalue weighted by Crippen LogP contribution is -2.33. The third-order valence-corrected chi connectivity index (χ3v) is 2.64. The third kappa shape index (κ3) is 1.55. The van der Waals surface area contributed by atoms with Crippen molar-refractivity contribution in [2.24, 2.45) is 0 Å². The van der Waals surface area contributed by atoms with E-state index in [2.05, 4.69) is 10.9 Å². The van der Waals surface area contributed by atoms with Crippen LogP contribution in [0.15, 0.2) is 24.4 Å². The van der Waals surface area contributed by atoms with Crippen molar-refractivity contribution in [3.8, 4) is 12.3 Å². The van der Waals surface area contributed by atoms with Gasteiger partial charge in [-0.25, -0.2) is 0 Å². The van der Waals surface area contributed by atoms with Crippen LogP contribution < -0.4 is 0 Å². The van der Waals surface area contributed by atoms with Crippen molar-refractivity contribution in [1.82, 2.24) is 4.98 Å². The SMILES string of the molecule is C#CC1(c2ccccn2)CCC1.Cl. The van der Waals surface area contributed by atoms with Crippen LogP contribution in [0.4, 0.5) is 0 Å². The second kappa shape index (κ2) is 3.81. The van der Waals surface area contributed by atoms with Crippen molar-refractivity contribution in [3.05, 3.63) is 30.1 Å². The Bertz CT molecular complexity index is 309. The van der Waals surface area contributed by atoms with E-state index in [1.165, 1.54) is 6.42 Å². The monoisotopic (exact) mass is 193 g/mol. The number of rotatable bonds is 1. The van der Waals surface area contributed by atoms with Gasteiger partial charge in [0.2, 0.25) is 0 Å². The first-order valence-electron chi connectivity index (χ1n) is 4.27. The number of aromatic nitrogens is 1. The van der Waals surface area contributed by atoms with Crippen molar-refractivity contribution in [3.63, 3.8) is 0 Å². The van der Waals surface area contributed by atoms with Gasteiger partial charge in [0, 0.05) is 6.20 Å². The zero-order valence-corrected chi connectivity index (χ0v) is 8.18. The molecule has 0 radical (unpaired) electrons. The second-order valence-corrected chi connectivity index (χ2v) is 3.29. The number of halogens is 1. The van der Waals surface area contributed by atoms with E-state index in [1.54, 1.807) is 0 Å². The lowest BCUT2D eigenvalue weighted by Gasteiger charge is -2.36. The molecule has 1 fully saturated rings. The van der Waals surface area contributed by atoms with Gasteiger partial charge in [0.1, 0.15) is 0 Å². The number of terminal acetylenes is 1. The largest absolute Gasteiger partial charge is 0.260 e. The van der Waals surface area contributed by atoms with Crippen molar-refractivity contribution in [1.29, 1.82) is 0 Å². The van der Waals surface area contributed by atoms with Gasteiger partial charge in [-0.15, -0.1) is 18.8 Å². The molecule has 0 spiro atoms. The highest BCUT2D eigenvalue weighted by Crippen LogP contribution is 2.41. The molecule has 1 nitrogen and oxygen atoms in total. The lowest BCUT2D eigenvalue weighted by molar-refractivity contribution is 0.320. The van der Waals surface area contributed by atoms with Crippen LogP contribution in [0.5, 0.6) is 0 Å². The predicted octanol–water partition coefficient (Wildman–Crippen LogP) is 2.56. The first-order chi connectivity index (χ1) is 5.87. The van der Waals surface area contributed by atoms with Gasteiger partial charge in [-0.3, -0.25) is 4.98 Å². The quantitative estimate of drug-likeness (QED) is 0.625. The molecule has 1 heterocycles. The van der Waals surface area contributed by atoms with Crippen molar-refractivity contribution in [2.45, 2.75) is 24.7 Å². The van der Waals surface area contributed by atoms with Crippen LogP contribution in [-0.2, 0) is 5.41 Å². The topological polar surface area (TPSA) is 12.9 Å². The summed E-state index contributed by atoms with van der Waals surface area (Å²) in [6.45, 7) is 0. The summed E-state index contributed by atoms with van der Waals surface area (Å²) in [5, 5.41) is 0. The van der Waals surface area contributed by atoms with Gasteiger partial charge in [0.15, 0.2) is 0 Å². The molecular formula is C11H12ClN. The number of pyridine rings is 1. The molecule has 1 aromatic rings. The van der Waals surface area contributed by atoms with Gasteiger partial charge in [-0.2, -0.15) is 0 Å². The normalized spacial score (nSPS) is 17.8. The van der Waals surface area contributed by atoms with Gasteiger partial charge in [0.05, 0.1) is 11.1 Å². The number of nitrogens with zero attached hydrogens (tertiary/aromatic N) is 1. The standard InChI is InChI=1S/C11H11N.ClH/c1-2-11(7-5-8-11)10-6-3-4-9-12-10;/h1,3-4,6,9H,5,7-8H2;1H. The Hall–Kier alpha value is -1.00. The molecule has 0 bridgehead atoms. The summed E-state index contributed by atoms with van der Waals surface area (Å²) in [5.41, 5.74) is 1.04. The van der Waals surface area contributed by atoms with Gasteiger partial charge in [-0.05, 0) is 31.4 Å². The summed E-state index contributed by atoms with van der Waals surface area (Å²) in [5.74, 6) is 2.87. The summed E-state index contributed by atoms with van der Waals surface area (Å²) < 4.78 is 0. The van der Waals surface area contributed by atoms with E-state index in [0.29, 0.717) is 0 Å². The molecule has 1 aliphatic rings. The van der Waals surface area contributed by atoms with E-state index >= 15 is 0 Å². The maximum absolute atomic E-state index is 5.51. The van der Waals surface area contributed by atoms with Crippen LogP contribution in [0.2, 0.25) is 0 Å². The summed E-state index contributed by atoms with van der Waals surface area (Å²) in [4.78, 5) is 4.30. The van der Waals surface area contributed by atoms with Crippen molar-refractivity contribution in [2.75, 3.05) is 0 Å². The molecule has 2 rings (SSSR count). The Labute approximate surface area is 85.0 Å². The van der Waals surface area contributed by atoms with E-state index in [4.69, 9.17) is 6.42 Å². The fourth-order valence-electron chi connectivity index (χ4n) is 1.65. The minimum atomic E-state index is -0.0265. The summed E-state index contributed by atoms with van der Waals surface area (Å²) >= 11 is 0. The van der Waals surface area contributed by atoms with Crippen molar-refractivity contribution >= 4 is 12.4 Å². The van der Waals surface area contributed by atoms with Gasteiger partial charge >= 0.3 is 0 Å². The highest BCUT2D eigenvalue weighted by molar-refractivity contribution is 5.85. The molecule has 0 N–H and O–H groups in total. The van der Waals surface area contributed by atoms with Crippen LogP contribution >= 0.6 is 12.4 Å². The summed E-state index contributed by atoms with van der Waals surface area (Å²) in [6, 6.07) is 5.95. The number of hydrogen-bond donors (Lipinski definition) is 0.